The van der Waals surface area contributed by atoms with E-state index in [0.29, 0.717) is 22.7 Å². The lowest BCUT2D eigenvalue weighted by molar-refractivity contribution is -0.120. The fourth-order valence-electron chi connectivity index (χ4n) is 2.12. The number of hydrogen-bond acceptors (Lipinski definition) is 5. The van der Waals surface area contributed by atoms with Gasteiger partial charge in [0.2, 0.25) is 5.91 Å². The molecule has 0 aromatic heterocycles. The van der Waals surface area contributed by atoms with Gasteiger partial charge in [-0.05, 0) is 35.9 Å². The first kappa shape index (κ1) is 17.3. The van der Waals surface area contributed by atoms with Crippen LogP contribution in [0.4, 0.5) is 5.69 Å². The van der Waals surface area contributed by atoms with Gasteiger partial charge in [-0.15, -0.1) is 0 Å². The number of ether oxygens (including phenoxy) is 2. The van der Waals surface area contributed by atoms with Gasteiger partial charge >= 0.3 is 0 Å². The zero-order valence-corrected chi connectivity index (χ0v) is 13.5. The molecule has 0 saturated heterocycles. The van der Waals surface area contributed by atoms with Crippen LogP contribution in [0.2, 0.25) is 0 Å². The smallest absolute Gasteiger partial charge is 0.255 e. The third-order valence-electron chi connectivity index (χ3n) is 3.38. The minimum atomic E-state index is -0.280. The zero-order chi connectivity index (χ0) is 17.5. The van der Waals surface area contributed by atoms with E-state index in [1.165, 1.54) is 14.2 Å². The monoisotopic (exact) mass is 329 g/mol. The van der Waals surface area contributed by atoms with Gasteiger partial charge in [-0.3, -0.25) is 15.0 Å². The van der Waals surface area contributed by atoms with Crippen LogP contribution in [-0.4, -0.2) is 26.0 Å². The summed E-state index contributed by atoms with van der Waals surface area (Å²) in [6, 6.07) is 11.9. The number of hydrazine groups is 1. The molecule has 126 valence electrons. The van der Waals surface area contributed by atoms with Crippen LogP contribution in [0.1, 0.15) is 15.9 Å². The quantitative estimate of drug-likeness (QED) is 0.423. The highest BCUT2D eigenvalue weighted by Crippen LogP contribution is 2.27. The molecule has 2 rings (SSSR count). The van der Waals surface area contributed by atoms with Crippen molar-refractivity contribution in [2.24, 2.45) is 5.84 Å². The molecule has 0 unspecified atom stereocenters. The second-order valence-corrected chi connectivity index (χ2v) is 4.97. The van der Waals surface area contributed by atoms with Crippen LogP contribution in [0.15, 0.2) is 42.5 Å². The number of nitrogens with one attached hydrogen (secondary N) is 2. The number of methoxy groups -OCH3 is 2. The lowest BCUT2D eigenvalue weighted by Crippen LogP contribution is -2.31. The molecular weight excluding hydrogens is 310 g/mol. The summed E-state index contributed by atoms with van der Waals surface area (Å²) in [7, 11) is 3.04. The lowest BCUT2D eigenvalue weighted by Gasteiger charge is -2.10. The summed E-state index contributed by atoms with van der Waals surface area (Å²) in [5, 5.41) is 2.78. The Balaban J connectivity index is 2.08. The van der Waals surface area contributed by atoms with E-state index in [2.05, 4.69) is 10.7 Å². The van der Waals surface area contributed by atoms with Crippen molar-refractivity contribution in [1.82, 2.24) is 5.43 Å². The fourth-order valence-corrected chi connectivity index (χ4v) is 2.12. The van der Waals surface area contributed by atoms with Crippen molar-refractivity contribution >= 4 is 17.5 Å². The number of anilines is 1. The van der Waals surface area contributed by atoms with Gasteiger partial charge in [0.1, 0.15) is 0 Å². The van der Waals surface area contributed by atoms with E-state index in [1.807, 2.05) is 0 Å². The molecule has 0 fully saturated rings. The molecule has 0 spiro atoms. The molecule has 0 heterocycles. The van der Waals surface area contributed by atoms with Crippen molar-refractivity contribution in [2.45, 2.75) is 6.42 Å². The van der Waals surface area contributed by atoms with Gasteiger partial charge in [0, 0.05) is 11.3 Å². The number of benzene rings is 2. The molecule has 7 heteroatoms. The lowest BCUT2D eigenvalue weighted by atomic mass is 10.1. The number of carbonyl (C=O) groups is 2. The van der Waals surface area contributed by atoms with E-state index in [0.717, 1.165) is 5.56 Å². The number of hydrogen-bond donors (Lipinski definition) is 3. The topological polar surface area (TPSA) is 103 Å². The SMILES string of the molecule is COc1ccc(C(=O)Nc2ccc(CC(=O)NN)cc2)cc1OC. The predicted molar refractivity (Wildman–Crippen MR) is 90.0 cm³/mol. The number of carbonyl (C=O) groups excluding carboxylic acids is 2. The normalized spacial score (nSPS) is 9.96. The summed E-state index contributed by atoms with van der Waals surface area (Å²) in [5.41, 5.74) is 3.93. The van der Waals surface area contributed by atoms with Crippen LogP contribution in [0.5, 0.6) is 11.5 Å². The molecule has 0 saturated carbocycles. The third kappa shape index (κ3) is 4.23. The molecule has 0 aliphatic heterocycles. The van der Waals surface area contributed by atoms with Crippen LogP contribution in [0.25, 0.3) is 0 Å². The molecular formula is C17H19N3O4. The van der Waals surface area contributed by atoms with Crippen molar-refractivity contribution in [2.75, 3.05) is 19.5 Å². The van der Waals surface area contributed by atoms with Gasteiger partial charge in [0.25, 0.3) is 5.91 Å². The molecule has 0 bridgehead atoms. The molecule has 7 nitrogen and oxygen atoms in total. The maximum atomic E-state index is 12.3. The maximum Gasteiger partial charge on any atom is 0.255 e. The molecule has 2 aromatic carbocycles. The van der Waals surface area contributed by atoms with Crippen LogP contribution in [-0.2, 0) is 11.2 Å². The van der Waals surface area contributed by atoms with E-state index in [9.17, 15) is 9.59 Å². The van der Waals surface area contributed by atoms with Gasteiger partial charge in [-0.25, -0.2) is 5.84 Å². The van der Waals surface area contributed by atoms with Crippen molar-refractivity contribution in [1.29, 1.82) is 0 Å². The highest BCUT2D eigenvalue weighted by atomic mass is 16.5. The van der Waals surface area contributed by atoms with Crippen molar-refractivity contribution < 1.29 is 19.1 Å². The van der Waals surface area contributed by atoms with Crippen LogP contribution < -0.4 is 26.1 Å². The van der Waals surface area contributed by atoms with Crippen LogP contribution >= 0.6 is 0 Å². The molecule has 0 aliphatic rings. The Bertz CT molecular complexity index is 729. The number of amides is 2. The standard InChI is InChI=1S/C17H19N3O4/c1-23-14-8-5-12(10-15(14)24-2)17(22)19-13-6-3-11(4-7-13)9-16(21)20-18/h3-8,10H,9,18H2,1-2H3,(H,19,22)(H,20,21). The number of rotatable bonds is 6. The Morgan fingerprint density at radius 2 is 1.67 bits per heavy atom. The van der Waals surface area contributed by atoms with Crippen LogP contribution in [0.3, 0.4) is 0 Å². The molecule has 0 radical (unpaired) electrons. The molecule has 2 amide bonds. The predicted octanol–water partition coefficient (Wildman–Crippen LogP) is 1.49. The van der Waals surface area contributed by atoms with E-state index in [1.54, 1.807) is 42.5 Å². The molecule has 0 aliphatic carbocycles. The Labute approximate surface area is 139 Å². The third-order valence-corrected chi connectivity index (χ3v) is 3.38. The van der Waals surface area contributed by atoms with Crippen molar-refractivity contribution in [3.8, 4) is 11.5 Å². The summed E-state index contributed by atoms with van der Waals surface area (Å²) in [5.74, 6) is 5.53. The maximum absolute atomic E-state index is 12.3. The largest absolute Gasteiger partial charge is 0.493 e. The molecule has 24 heavy (non-hydrogen) atoms. The second kappa shape index (κ2) is 7.98. The minimum Gasteiger partial charge on any atom is -0.493 e. The average molecular weight is 329 g/mol. The van der Waals surface area contributed by atoms with Gasteiger partial charge < -0.3 is 14.8 Å². The summed E-state index contributed by atoms with van der Waals surface area (Å²) in [6.45, 7) is 0. The Morgan fingerprint density at radius 3 is 2.25 bits per heavy atom. The summed E-state index contributed by atoms with van der Waals surface area (Å²) in [6.07, 6.45) is 0.181. The van der Waals surface area contributed by atoms with Crippen LogP contribution in [0, 0.1) is 0 Å². The highest BCUT2D eigenvalue weighted by Gasteiger charge is 2.11. The van der Waals surface area contributed by atoms with Gasteiger partial charge in [-0.2, -0.15) is 0 Å². The van der Waals surface area contributed by atoms with E-state index in [4.69, 9.17) is 15.3 Å². The minimum absolute atomic E-state index is 0.181. The van der Waals surface area contributed by atoms with Gasteiger partial charge in [-0.1, -0.05) is 12.1 Å². The Hall–Kier alpha value is -3.06. The van der Waals surface area contributed by atoms with Gasteiger partial charge in [0.15, 0.2) is 11.5 Å². The Kier molecular flexibility index (Phi) is 5.75. The average Bonchev–Trinajstić information content (AvgIpc) is 2.62. The van der Waals surface area contributed by atoms with Crippen molar-refractivity contribution in [3.63, 3.8) is 0 Å². The van der Waals surface area contributed by atoms with Gasteiger partial charge in [0.05, 0.1) is 20.6 Å². The summed E-state index contributed by atoms with van der Waals surface area (Å²) < 4.78 is 10.3. The first-order chi connectivity index (χ1) is 11.6. The fraction of sp³-hybridized carbons (Fsp3) is 0.176. The van der Waals surface area contributed by atoms with E-state index < -0.39 is 0 Å². The first-order valence-electron chi connectivity index (χ1n) is 7.19. The molecule has 4 N–H and O–H groups in total. The summed E-state index contributed by atoms with van der Waals surface area (Å²) in [4.78, 5) is 23.5. The molecule has 0 atom stereocenters. The van der Waals surface area contributed by atoms with Crippen molar-refractivity contribution in [3.05, 3.63) is 53.6 Å². The van der Waals surface area contributed by atoms with E-state index >= 15 is 0 Å². The first-order valence-corrected chi connectivity index (χ1v) is 7.19. The van der Waals surface area contributed by atoms with E-state index in [-0.39, 0.29) is 18.2 Å². The Morgan fingerprint density at radius 1 is 1.00 bits per heavy atom. The highest BCUT2D eigenvalue weighted by molar-refractivity contribution is 6.04. The zero-order valence-electron chi connectivity index (χ0n) is 13.5. The molecule has 2 aromatic rings. The summed E-state index contributed by atoms with van der Waals surface area (Å²) >= 11 is 0. The second-order valence-electron chi connectivity index (χ2n) is 4.97. The number of nitrogens with two attached hydrogens (primary N) is 1.